The Hall–Kier alpha value is -1.84. The van der Waals surface area contributed by atoms with Crippen molar-refractivity contribution in [2.75, 3.05) is 6.61 Å². The van der Waals surface area contributed by atoms with Gasteiger partial charge in [0, 0.05) is 11.9 Å². The molecule has 1 N–H and O–H groups in total. The first-order valence-electron chi connectivity index (χ1n) is 4.84. The third-order valence-electron chi connectivity index (χ3n) is 2.16. The number of esters is 1. The number of carbonyl (C=O) groups is 1. The Morgan fingerprint density at radius 1 is 1.53 bits per heavy atom. The third kappa shape index (κ3) is 1.70. The molecule has 78 valence electrons. The number of nitrogens with zero attached hydrogens (tertiary/aromatic N) is 1. The summed E-state index contributed by atoms with van der Waals surface area (Å²) in [5.74, 6) is -0.332. The summed E-state index contributed by atoms with van der Waals surface area (Å²) >= 11 is 0. The normalized spacial score (nSPS) is 10.5. The van der Waals surface area contributed by atoms with Crippen LogP contribution in [0.15, 0.2) is 18.3 Å². The summed E-state index contributed by atoms with van der Waals surface area (Å²) in [6.07, 6.45) is 1.63. The number of aryl methyl sites for hydroxylation is 1. The molecule has 0 saturated heterocycles. The van der Waals surface area contributed by atoms with Crippen molar-refractivity contribution in [3.05, 3.63) is 29.6 Å². The van der Waals surface area contributed by atoms with Crippen LogP contribution in [0.4, 0.5) is 0 Å². The van der Waals surface area contributed by atoms with E-state index in [1.807, 2.05) is 19.1 Å². The summed E-state index contributed by atoms with van der Waals surface area (Å²) in [5, 5.41) is 0. The van der Waals surface area contributed by atoms with Crippen molar-refractivity contribution in [1.82, 2.24) is 9.97 Å². The topological polar surface area (TPSA) is 55.0 Å². The lowest BCUT2D eigenvalue weighted by Gasteiger charge is -1.99. The van der Waals surface area contributed by atoms with Gasteiger partial charge in [-0.05, 0) is 26.0 Å². The summed E-state index contributed by atoms with van der Waals surface area (Å²) < 4.78 is 4.94. The van der Waals surface area contributed by atoms with Crippen LogP contribution in [0.25, 0.3) is 11.0 Å². The fourth-order valence-electron chi connectivity index (χ4n) is 1.46. The van der Waals surface area contributed by atoms with E-state index >= 15 is 0 Å². The largest absolute Gasteiger partial charge is 0.462 e. The zero-order valence-corrected chi connectivity index (χ0v) is 8.70. The molecule has 0 spiro atoms. The van der Waals surface area contributed by atoms with E-state index in [2.05, 4.69) is 9.97 Å². The van der Waals surface area contributed by atoms with E-state index in [0.29, 0.717) is 17.7 Å². The number of rotatable bonds is 2. The predicted molar refractivity (Wildman–Crippen MR) is 56.8 cm³/mol. The van der Waals surface area contributed by atoms with Gasteiger partial charge in [-0.1, -0.05) is 0 Å². The van der Waals surface area contributed by atoms with E-state index in [4.69, 9.17) is 4.74 Å². The molecule has 4 nitrogen and oxygen atoms in total. The lowest BCUT2D eigenvalue weighted by molar-refractivity contribution is 0.0528. The van der Waals surface area contributed by atoms with Crippen molar-refractivity contribution in [1.29, 1.82) is 0 Å². The second-order valence-electron chi connectivity index (χ2n) is 3.27. The predicted octanol–water partition coefficient (Wildman–Crippen LogP) is 2.05. The molecule has 0 radical (unpaired) electrons. The zero-order chi connectivity index (χ0) is 10.8. The smallest absolute Gasteiger partial charge is 0.341 e. The summed E-state index contributed by atoms with van der Waals surface area (Å²) in [6, 6.07) is 3.80. The van der Waals surface area contributed by atoms with Crippen LogP contribution in [0.3, 0.4) is 0 Å². The Balaban J connectivity index is 2.52. The van der Waals surface area contributed by atoms with Crippen LogP contribution >= 0.6 is 0 Å². The van der Waals surface area contributed by atoms with Crippen molar-refractivity contribution in [3.8, 4) is 0 Å². The number of ether oxygens (including phenoxy) is 1. The molecule has 2 rings (SSSR count). The highest BCUT2D eigenvalue weighted by molar-refractivity contribution is 6.02. The molecule has 2 aromatic rings. The molecule has 2 aromatic heterocycles. The molecular formula is C11H12N2O2. The fourth-order valence-corrected chi connectivity index (χ4v) is 1.46. The molecule has 15 heavy (non-hydrogen) atoms. The molecule has 0 aliphatic rings. The first-order chi connectivity index (χ1) is 7.22. The van der Waals surface area contributed by atoms with E-state index in [-0.39, 0.29) is 5.97 Å². The van der Waals surface area contributed by atoms with Gasteiger partial charge in [0.2, 0.25) is 0 Å². The highest BCUT2D eigenvalue weighted by Crippen LogP contribution is 2.17. The monoisotopic (exact) mass is 204 g/mol. The van der Waals surface area contributed by atoms with Gasteiger partial charge in [0.05, 0.1) is 12.1 Å². The first-order valence-corrected chi connectivity index (χ1v) is 4.84. The maximum atomic E-state index is 11.5. The molecule has 0 fully saturated rings. The van der Waals surface area contributed by atoms with Gasteiger partial charge in [0.15, 0.2) is 0 Å². The number of nitrogens with one attached hydrogen (secondary N) is 1. The van der Waals surface area contributed by atoms with E-state index in [1.54, 1.807) is 13.1 Å². The number of pyridine rings is 1. The van der Waals surface area contributed by atoms with E-state index < -0.39 is 0 Å². The van der Waals surface area contributed by atoms with E-state index in [9.17, 15) is 4.79 Å². The quantitative estimate of drug-likeness (QED) is 0.761. The number of aromatic nitrogens is 2. The number of H-pyrrole nitrogens is 1. The minimum Gasteiger partial charge on any atom is -0.462 e. The van der Waals surface area contributed by atoms with Gasteiger partial charge in [0.25, 0.3) is 0 Å². The Morgan fingerprint density at radius 3 is 3.07 bits per heavy atom. The Morgan fingerprint density at radius 2 is 2.33 bits per heavy atom. The molecule has 0 unspecified atom stereocenters. The summed E-state index contributed by atoms with van der Waals surface area (Å²) in [4.78, 5) is 18.8. The fraction of sp³-hybridized carbons (Fsp3) is 0.273. The molecule has 0 aliphatic heterocycles. The van der Waals surface area contributed by atoms with Gasteiger partial charge in [0.1, 0.15) is 11.1 Å². The third-order valence-corrected chi connectivity index (χ3v) is 2.16. The highest BCUT2D eigenvalue weighted by Gasteiger charge is 2.13. The Bertz CT molecular complexity index is 502. The average molecular weight is 204 g/mol. The van der Waals surface area contributed by atoms with Crippen molar-refractivity contribution in [3.63, 3.8) is 0 Å². The lowest BCUT2D eigenvalue weighted by atomic mass is 10.2. The standard InChI is InChI=1S/C11H12N2O2/c1-3-15-11(14)8-6-12-9-5-4-7(2)13-10(8)9/h4-6,12H,3H2,1-2H3. The number of fused-ring (bicyclic) bond motifs is 1. The van der Waals surface area contributed by atoms with Gasteiger partial charge in [-0.25, -0.2) is 4.79 Å². The minimum absolute atomic E-state index is 0.332. The molecule has 0 atom stereocenters. The second kappa shape index (κ2) is 3.73. The van der Waals surface area contributed by atoms with Gasteiger partial charge >= 0.3 is 5.97 Å². The van der Waals surface area contributed by atoms with Crippen LogP contribution in [-0.4, -0.2) is 22.5 Å². The lowest BCUT2D eigenvalue weighted by Crippen LogP contribution is -2.04. The van der Waals surface area contributed by atoms with E-state index in [0.717, 1.165) is 11.2 Å². The SMILES string of the molecule is CCOC(=O)c1c[nH]c2ccc(C)nc12. The number of hydrogen-bond donors (Lipinski definition) is 1. The highest BCUT2D eigenvalue weighted by atomic mass is 16.5. The number of carbonyl (C=O) groups excluding carboxylic acids is 1. The number of hydrogen-bond acceptors (Lipinski definition) is 3. The molecule has 2 heterocycles. The molecule has 4 heteroatoms. The second-order valence-corrected chi connectivity index (χ2v) is 3.27. The molecule has 0 aromatic carbocycles. The van der Waals surface area contributed by atoms with Crippen molar-refractivity contribution >= 4 is 17.0 Å². The Labute approximate surface area is 87.3 Å². The van der Waals surface area contributed by atoms with Crippen LogP contribution in [0.2, 0.25) is 0 Å². The van der Waals surface area contributed by atoms with Crippen molar-refractivity contribution in [2.45, 2.75) is 13.8 Å². The van der Waals surface area contributed by atoms with Crippen molar-refractivity contribution in [2.24, 2.45) is 0 Å². The van der Waals surface area contributed by atoms with Gasteiger partial charge < -0.3 is 9.72 Å². The number of aromatic amines is 1. The van der Waals surface area contributed by atoms with Crippen molar-refractivity contribution < 1.29 is 9.53 Å². The average Bonchev–Trinajstić information content (AvgIpc) is 2.60. The van der Waals surface area contributed by atoms with Crippen LogP contribution in [0.5, 0.6) is 0 Å². The van der Waals surface area contributed by atoms with Gasteiger partial charge in [-0.2, -0.15) is 0 Å². The molecule has 0 amide bonds. The maximum absolute atomic E-state index is 11.5. The van der Waals surface area contributed by atoms with Gasteiger partial charge in [-0.15, -0.1) is 0 Å². The summed E-state index contributed by atoms with van der Waals surface area (Å²) in [7, 11) is 0. The minimum atomic E-state index is -0.332. The first kappa shape index (κ1) is 9.71. The molecular weight excluding hydrogens is 192 g/mol. The van der Waals surface area contributed by atoms with E-state index in [1.165, 1.54) is 0 Å². The van der Waals surface area contributed by atoms with Crippen LogP contribution in [0.1, 0.15) is 23.0 Å². The van der Waals surface area contributed by atoms with Gasteiger partial charge in [-0.3, -0.25) is 4.98 Å². The molecule has 0 saturated carbocycles. The zero-order valence-electron chi connectivity index (χ0n) is 8.70. The maximum Gasteiger partial charge on any atom is 0.341 e. The summed E-state index contributed by atoms with van der Waals surface area (Å²) in [5.41, 5.74) is 2.90. The van der Waals surface area contributed by atoms with Crippen LogP contribution < -0.4 is 0 Å². The van der Waals surface area contributed by atoms with Crippen LogP contribution in [-0.2, 0) is 4.74 Å². The molecule has 0 aliphatic carbocycles. The summed E-state index contributed by atoms with van der Waals surface area (Å²) in [6.45, 7) is 4.05. The van der Waals surface area contributed by atoms with Crippen LogP contribution in [0, 0.1) is 6.92 Å². The molecule has 0 bridgehead atoms. The Kier molecular flexibility index (Phi) is 2.41.